The number of nitro groups is 1. The summed E-state index contributed by atoms with van der Waals surface area (Å²) in [6.45, 7) is 0. The van der Waals surface area contributed by atoms with Crippen molar-refractivity contribution in [1.29, 1.82) is 0 Å². The summed E-state index contributed by atoms with van der Waals surface area (Å²) in [6.07, 6.45) is 0. The summed E-state index contributed by atoms with van der Waals surface area (Å²) < 4.78 is 0. The molecular weight excluding hydrogens is 508 g/mol. The molecule has 0 radical (unpaired) electrons. The number of fused-ring (bicyclic) bond motifs is 9. The van der Waals surface area contributed by atoms with Crippen LogP contribution in [0.4, 0.5) is 5.69 Å². The van der Waals surface area contributed by atoms with E-state index in [9.17, 15) is 19.7 Å². The summed E-state index contributed by atoms with van der Waals surface area (Å²) >= 11 is 1.73. The number of non-ortho nitro benzene ring substituents is 1. The van der Waals surface area contributed by atoms with Gasteiger partial charge in [-0.25, -0.2) is 0 Å². The normalized spacial score (nSPS) is 23.2. The smallest absolute Gasteiger partial charge is 0.269 e. The fourth-order valence-electron chi connectivity index (χ4n) is 8.08. The van der Waals surface area contributed by atoms with Crippen molar-refractivity contribution in [1.82, 2.24) is 4.90 Å². The number of benzene rings is 4. The number of Topliss-reactive ketones (excluding diaryl/α,β-unsaturated/α-hetero) is 2. The van der Waals surface area contributed by atoms with Crippen LogP contribution >= 0.6 is 11.8 Å². The molecule has 8 rings (SSSR count). The fourth-order valence-corrected chi connectivity index (χ4v) is 9.38. The summed E-state index contributed by atoms with van der Waals surface area (Å²) in [4.78, 5) is 43.1. The van der Waals surface area contributed by atoms with Crippen LogP contribution in [0.15, 0.2) is 97.1 Å². The Kier molecular flexibility index (Phi) is 4.54. The van der Waals surface area contributed by atoms with Gasteiger partial charge in [0, 0.05) is 46.8 Å². The molecule has 2 atom stereocenters. The van der Waals surface area contributed by atoms with Crippen LogP contribution in [0.25, 0.3) is 11.1 Å². The second-order valence-corrected chi connectivity index (χ2v) is 11.7. The number of ketones is 2. The first kappa shape index (κ1) is 22.9. The Morgan fingerprint density at radius 3 is 1.79 bits per heavy atom. The second kappa shape index (κ2) is 7.74. The summed E-state index contributed by atoms with van der Waals surface area (Å²) in [5.41, 5.74) is 3.42. The maximum Gasteiger partial charge on any atom is 0.269 e. The third kappa shape index (κ3) is 2.49. The molecule has 2 unspecified atom stereocenters. The number of nitrogens with zero attached hydrogens (tertiary/aromatic N) is 2. The van der Waals surface area contributed by atoms with Crippen LogP contribution in [-0.4, -0.2) is 44.6 Å². The lowest BCUT2D eigenvalue weighted by molar-refractivity contribution is -0.384. The first-order chi connectivity index (χ1) is 19.0. The third-order valence-electron chi connectivity index (χ3n) is 9.30. The molecule has 2 fully saturated rings. The van der Waals surface area contributed by atoms with Crippen molar-refractivity contribution in [2.45, 2.75) is 22.9 Å². The molecule has 7 heteroatoms. The molecule has 2 heterocycles. The number of carbonyl (C=O) groups excluding carboxylic acids is 2. The van der Waals surface area contributed by atoms with Crippen LogP contribution in [0.1, 0.15) is 43.3 Å². The minimum atomic E-state index is -1.46. The number of thioether (sulfide) groups is 1. The van der Waals surface area contributed by atoms with E-state index in [1.54, 1.807) is 36.0 Å². The highest BCUT2D eigenvalue weighted by atomic mass is 32.2. The molecule has 39 heavy (non-hydrogen) atoms. The Hall–Kier alpha value is -4.07. The zero-order valence-corrected chi connectivity index (χ0v) is 21.6. The van der Waals surface area contributed by atoms with Crippen LogP contribution in [0.5, 0.6) is 0 Å². The van der Waals surface area contributed by atoms with E-state index in [0.29, 0.717) is 17.0 Å². The van der Waals surface area contributed by atoms with Gasteiger partial charge in [0.25, 0.3) is 5.69 Å². The largest absolute Gasteiger partial charge is 0.291 e. The molecule has 2 saturated heterocycles. The van der Waals surface area contributed by atoms with E-state index in [1.165, 1.54) is 0 Å². The van der Waals surface area contributed by atoms with Gasteiger partial charge in [-0.1, -0.05) is 84.9 Å². The van der Waals surface area contributed by atoms with Gasteiger partial charge in [-0.05, 0) is 27.8 Å². The lowest BCUT2D eigenvalue weighted by Crippen LogP contribution is -2.64. The molecule has 0 aromatic heterocycles. The van der Waals surface area contributed by atoms with Crippen molar-refractivity contribution in [3.05, 3.63) is 135 Å². The van der Waals surface area contributed by atoms with E-state index in [4.69, 9.17) is 0 Å². The van der Waals surface area contributed by atoms with Crippen molar-refractivity contribution in [2.75, 3.05) is 11.6 Å². The van der Waals surface area contributed by atoms with Gasteiger partial charge in [-0.15, -0.1) is 11.8 Å². The summed E-state index contributed by atoms with van der Waals surface area (Å²) in [5, 5.41) is 11.5. The number of carbonyl (C=O) groups is 2. The topological polar surface area (TPSA) is 80.5 Å². The number of hydrogen-bond acceptors (Lipinski definition) is 6. The van der Waals surface area contributed by atoms with E-state index in [-0.39, 0.29) is 29.2 Å². The Morgan fingerprint density at radius 1 is 0.744 bits per heavy atom. The van der Waals surface area contributed by atoms with E-state index in [0.717, 1.165) is 33.6 Å². The van der Waals surface area contributed by atoms with Gasteiger partial charge in [0.15, 0.2) is 17.1 Å². The molecule has 0 saturated carbocycles. The van der Waals surface area contributed by atoms with Gasteiger partial charge >= 0.3 is 0 Å². The van der Waals surface area contributed by atoms with E-state index < -0.39 is 15.9 Å². The van der Waals surface area contributed by atoms with Crippen molar-refractivity contribution in [3.63, 3.8) is 0 Å². The average Bonchev–Trinajstić information content (AvgIpc) is 3.68. The Morgan fingerprint density at radius 2 is 1.26 bits per heavy atom. The molecule has 2 aliphatic carbocycles. The second-order valence-electron chi connectivity index (χ2n) is 10.7. The third-order valence-corrected chi connectivity index (χ3v) is 10.3. The highest BCUT2D eigenvalue weighted by molar-refractivity contribution is 7.99. The lowest BCUT2D eigenvalue weighted by Gasteiger charge is -2.46. The summed E-state index contributed by atoms with van der Waals surface area (Å²) in [5.74, 6) is 0.747. The molecule has 190 valence electrons. The van der Waals surface area contributed by atoms with E-state index in [1.807, 2.05) is 48.5 Å². The Labute approximate surface area is 228 Å². The molecule has 4 aromatic rings. The number of rotatable bonds is 2. The van der Waals surface area contributed by atoms with Crippen molar-refractivity contribution >= 4 is 29.0 Å². The highest BCUT2D eigenvalue weighted by Gasteiger charge is 2.80. The van der Waals surface area contributed by atoms with Crippen LogP contribution in [0.2, 0.25) is 0 Å². The highest BCUT2D eigenvalue weighted by Crippen LogP contribution is 2.70. The van der Waals surface area contributed by atoms with Gasteiger partial charge < -0.3 is 0 Å². The van der Waals surface area contributed by atoms with Gasteiger partial charge in [-0.2, -0.15) is 0 Å². The first-order valence-corrected chi connectivity index (χ1v) is 14.1. The molecule has 0 amide bonds. The van der Waals surface area contributed by atoms with Crippen LogP contribution < -0.4 is 0 Å². The average molecular weight is 531 g/mol. The van der Waals surface area contributed by atoms with E-state index >= 15 is 0 Å². The molecule has 2 spiro atoms. The maximum absolute atomic E-state index is 14.9. The summed E-state index contributed by atoms with van der Waals surface area (Å²) in [6, 6.07) is 30.1. The molecule has 4 aliphatic rings. The van der Waals surface area contributed by atoms with Crippen LogP contribution in [0.3, 0.4) is 0 Å². The van der Waals surface area contributed by atoms with Crippen molar-refractivity contribution in [2.24, 2.45) is 0 Å². The standard InChI is InChI=1S/C32H22N2O4S/c35-29-23-9-1-2-10-24(23)30(36)32(29)31(25-11-5-3-7-21(25)22-8-4-6-12-26(22)31)28(27-17-39-18-33(27)32)19-13-15-20(16-14-19)34(37)38/h1-16,27-28H,17-18H2. The minimum absolute atomic E-state index is 0.0193. The minimum Gasteiger partial charge on any atom is -0.291 e. The SMILES string of the molecule is O=C1c2ccccc2C(=O)C12N1CSCC1C(c1ccc([N+](=O)[O-])cc1)C21c2ccccc2-c2ccccc21. The van der Waals surface area contributed by atoms with Crippen LogP contribution in [0, 0.1) is 10.1 Å². The predicted molar refractivity (Wildman–Crippen MR) is 149 cm³/mol. The van der Waals surface area contributed by atoms with Gasteiger partial charge in [0.2, 0.25) is 0 Å². The van der Waals surface area contributed by atoms with Crippen molar-refractivity contribution < 1.29 is 14.5 Å². The van der Waals surface area contributed by atoms with E-state index in [2.05, 4.69) is 29.2 Å². The molecule has 6 nitrogen and oxygen atoms in total. The van der Waals surface area contributed by atoms with Crippen LogP contribution in [-0.2, 0) is 5.41 Å². The predicted octanol–water partition coefficient (Wildman–Crippen LogP) is 5.85. The monoisotopic (exact) mass is 530 g/mol. The summed E-state index contributed by atoms with van der Waals surface area (Å²) in [7, 11) is 0. The zero-order valence-electron chi connectivity index (χ0n) is 20.7. The molecule has 4 aromatic carbocycles. The molecular formula is C32H22N2O4S. The molecule has 2 aliphatic heterocycles. The fraction of sp³-hybridized carbons (Fsp3) is 0.188. The first-order valence-electron chi connectivity index (χ1n) is 13.0. The molecule has 0 bridgehead atoms. The van der Waals surface area contributed by atoms with Crippen molar-refractivity contribution in [3.8, 4) is 11.1 Å². The number of nitro benzene ring substituents is 1. The maximum atomic E-state index is 14.9. The quantitative estimate of drug-likeness (QED) is 0.184. The Balaban J connectivity index is 1.53. The molecule has 0 N–H and O–H groups in total. The number of hydrogen-bond donors (Lipinski definition) is 0. The van der Waals surface area contributed by atoms with Gasteiger partial charge in [0.05, 0.1) is 10.3 Å². The lowest BCUT2D eigenvalue weighted by atomic mass is 9.55. The Bertz CT molecular complexity index is 1670. The van der Waals surface area contributed by atoms with Gasteiger partial charge in [-0.3, -0.25) is 24.6 Å². The zero-order chi connectivity index (χ0) is 26.5. The van der Waals surface area contributed by atoms with Gasteiger partial charge in [0.1, 0.15) is 0 Å².